The Balaban J connectivity index is 1.35. The summed E-state index contributed by atoms with van der Waals surface area (Å²) in [6.07, 6.45) is 7.57. The summed E-state index contributed by atoms with van der Waals surface area (Å²) < 4.78 is 7.55. The van der Waals surface area contributed by atoms with Crippen LogP contribution in [0.15, 0.2) is 35.0 Å². The van der Waals surface area contributed by atoms with E-state index in [1.54, 1.807) is 28.0 Å². The second-order valence-corrected chi connectivity index (χ2v) is 7.36. The summed E-state index contributed by atoms with van der Waals surface area (Å²) in [5.74, 6) is 0.229. The Morgan fingerprint density at radius 1 is 1.11 bits per heavy atom. The number of aryl methyl sites for hydroxylation is 1. The molecule has 0 bridgehead atoms. The van der Waals surface area contributed by atoms with Gasteiger partial charge in [0.25, 0.3) is 5.91 Å². The Kier molecular flexibility index (Phi) is 4.64. The van der Waals surface area contributed by atoms with Crippen molar-refractivity contribution in [1.82, 2.24) is 14.4 Å². The summed E-state index contributed by atoms with van der Waals surface area (Å²) in [6.45, 7) is 6.37. The maximum absolute atomic E-state index is 12.5. The normalized spacial score (nSPS) is 17.7. The second kappa shape index (κ2) is 7.10. The molecule has 6 nitrogen and oxygen atoms in total. The van der Waals surface area contributed by atoms with Crippen molar-refractivity contribution in [2.75, 3.05) is 26.2 Å². The van der Waals surface area contributed by atoms with E-state index in [0.717, 1.165) is 5.56 Å². The minimum atomic E-state index is -0.116. The first-order chi connectivity index (χ1) is 13.0. The summed E-state index contributed by atoms with van der Waals surface area (Å²) in [5.41, 5.74) is 3.60. The highest BCUT2D eigenvalue weighted by Crippen LogP contribution is 2.38. The van der Waals surface area contributed by atoms with Crippen molar-refractivity contribution >= 4 is 17.9 Å². The Labute approximate surface area is 159 Å². The van der Waals surface area contributed by atoms with Crippen molar-refractivity contribution in [3.63, 3.8) is 0 Å². The average molecular weight is 367 g/mol. The van der Waals surface area contributed by atoms with Gasteiger partial charge in [0, 0.05) is 49.7 Å². The molecule has 6 heteroatoms. The van der Waals surface area contributed by atoms with E-state index < -0.39 is 0 Å². The van der Waals surface area contributed by atoms with Gasteiger partial charge in [0.2, 0.25) is 5.91 Å². The van der Waals surface area contributed by atoms with Gasteiger partial charge in [0.1, 0.15) is 0 Å². The zero-order chi connectivity index (χ0) is 19.0. The molecule has 2 aromatic heterocycles. The van der Waals surface area contributed by atoms with E-state index in [9.17, 15) is 9.59 Å². The summed E-state index contributed by atoms with van der Waals surface area (Å²) in [6, 6.07) is 6.17. The van der Waals surface area contributed by atoms with Gasteiger partial charge in [-0.15, -0.1) is 0 Å². The van der Waals surface area contributed by atoms with E-state index in [2.05, 4.69) is 24.5 Å². The number of carbonyl (C=O) groups excluding carboxylic acids is 2. The molecule has 0 radical (unpaired) electrons. The molecule has 2 fully saturated rings. The second-order valence-electron chi connectivity index (χ2n) is 7.36. The Hall–Kier alpha value is -2.76. The van der Waals surface area contributed by atoms with Crippen LogP contribution < -0.4 is 0 Å². The predicted molar refractivity (Wildman–Crippen MR) is 102 cm³/mol. The lowest BCUT2D eigenvalue weighted by Gasteiger charge is -2.33. The van der Waals surface area contributed by atoms with E-state index in [4.69, 9.17) is 4.42 Å². The minimum absolute atomic E-state index is 0.00341. The number of hydrogen-bond donors (Lipinski definition) is 0. The highest BCUT2D eigenvalue weighted by Gasteiger charge is 2.27. The SMILES string of the molecule is Cc1cc(/C=C/C(=O)N2CCN(C(=O)c3ccco3)CC2)c(C)n1C1CC1. The minimum Gasteiger partial charge on any atom is -0.459 e. The molecule has 2 amide bonds. The average Bonchev–Trinajstić information content (AvgIpc) is 3.26. The molecule has 1 aliphatic heterocycles. The Morgan fingerprint density at radius 3 is 2.44 bits per heavy atom. The Bertz CT molecular complexity index is 867. The molecule has 4 rings (SSSR count). The number of hydrogen-bond acceptors (Lipinski definition) is 3. The highest BCUT2D eigenvalue weighted by atomic mass is 16.3. The topological polar surface area (TPSA) is 58.7 Å². The van der Waals surface area contributed by atoms with Gasteiger partial charge in [0.15, 0.2) is 5.76 Å². The lowest BCUT2D eigenvalue weighted by Crippen LogP contribution is -2.50. The fourth-order valence-electron chi connectivity index (χ4n) is 3.82. The summed E-state index contributed by atoms with van der Waals surface area (Å²) >= 11 is 0. The van der Waals surface area contributed by atoms with Gasteiger partial charge in [-0.2, -0.15) is 0 Å². The molecule has 0 aromatic carbocycles. The highest BCUT2D eigenvalue weighted by molar-refractivity contribution is 5.93. The molecule has 1 aliphatic carbocycles. The Morgan fingerprint density at radius 2 is 1.81 bits per heavy atom. The van der Waals surface area contributed by atoms with Gasteiger partial charge in [-0.1, -0.05) is 0 Å². The van der Waals surface area contributed by atoms with Crippen LogP contribution in [0, 0.1) is 13.8 Å². The van der Waals surface area contributed by atoms with Gasteiger partial charge in [-0.05, 0) is 56.5 Å². The molecule has 1 saturated carbocycles. The van der Waals surface area contributed by atoms with Crippen LogP contribution in [0.5, 0.6) is 0 Å². The lowest BCUT2D eigenvalue weighted by atomic mass is 10.2. The van der Waals surface area contributed by atoms with E-state index in [-0.39, 0.29) is 11.8 Å². The van der Waals surface area contributed by atoms with Gasteiger partial charge < -0.3 is 18.8 Å². The smallest absolute Gasteiger partial charge is 0.289 e. The molecule has 1 saturated heterocycles. The maximum Gasteiger partial charge on any atom is 0.289 e. The van der Waals surface area contributed by atoms with Crippen molar-refractivity contribution in [2.24, 2.45) is 0 Å². The van der Waals surface area contributed by atoms with Crippen LogP contribution in [0.3, 0.4) is 0 Å². The van der Waals surface area contributed by atoms with Crippen molar-refractivity contribution < 1.29 is 14.0 Å². The third-order valence-electron chi connectivity index (χ3n) is 5.45. The van der Waals surface area contributed by atoms with E-state index in [1.807, 2.05) is 6.08 Å². The van der Waals surface area contributed by atoms with Crippen molar-refractivity contribution in [1.29, 1.82) is 0 Å². The van der Waals surface area contributed by atoms with Gasteiger partial charge in [-0.3, -0.25) is 9.59 Å². The fraction of sp³-hybridized carbons (Fsp3) is 0.429. The number of aromatic nitrogens is 1. The van der Waals surface area contributed by atoms with Gasteiger partial charge >= 0.3 is 0 Å². The summed E-state index contributed by atoms with van der Waals surface area (Å²) in [5, 5.41) is 0. The number of carbonyl (C=O) groups is 2. The van der Waals surface area contributed by atoms with Crippen molar-refractivity contribution in [2.45, 2.75) is 32.7 Å². The lowest BCUT2D eigenvalue weighted by molar-refractivity contribution is -0.127. The quantitative estimate of drug-likeness (QED) is 0.781. The molecule has 142 valence electrons. The summed E-state index contributed by atoms with van der Waals surface area (Å²) in [4.78, 5) is 28.4. The number of amides is 2. The molecular weight excluding hydrogens is 342 g/mol. The number of nitrogens with zero attached hydrogens (tertiary/aromatic N) is 3. The molecular formula is C21H25N3O3. The largest absolute Gasteiger partial charge is 0.459 e. The number of piperazine rings is 1. The van der Waals surface area contributed by atoms with Crippen molar-refractivity contribution in [3.05, 3.63) is 53.2 Å². The van der Waals surface area contributed by atoms with E-state index >= 15 is 0 Å². The van der Waals surface area contributed by atoms with Gasteiger partial charge in [0.05, 0.1) is 6.26 Å². The van der Waals surface area contributed by atoms with E-state index in [1.165, 1.54) is 30.5 Å². The molecule has 2 aliphatic rings. The monoisotopic (exact) mass is 367 g/mol. The molecule has 2 aromatic rings. The first-order valence-corrected chi connectivity index (χ1v) is 9.53. The third kappa shape index (κ3) is 3.56. The van der Waals surface area contributed by atoms with Gasteiger partial charge in [-0.25, -0.2) is 0 Å². The predicted octanol–water partition coefficient (Wildman–Crippen LogP) is 3.03. The first kappa shape index (κ1) is 17.6. The fourth-order valence-corrected chi connectivity index (χ4v) is 3.82. The van der Waals surface area contributed by atoms with Crippen LogP contribution in [-0.4, -0.2) is 52.4 Å². The van der Waals surface area contributed by atoms with E-state index in [0.29, 0.717) is 38.0 Å². The molecule has 0 N–H and O–H groups in total. The van der Waals surface area contributed by atoms with Crippen LogP contribution in [-0.2, 0) is 4.79 Å². The molecule has 27 heavy (non-hydrogen) atoms. The van der Waals surface area contributed by atoms with Crippen LogP contribution in [0.2, 0.25) is 0 Å². The summed E-state index contributed by atoms with van der Waals surface area (Å²) in [7, 11) is 0. The molecule has 0 unspecified atom stereocenters. The zero-order valence-corrected chi connectivity index (χ0v) is 15.9. The molecule has 3 heterocycles. The maximum atomic E-state index is 12.5. The molecule has 0 atom stereocenters. The van der Waals surface area contributed by atoms with Crippen LogP contribution in [0.25, 0.3) is 6.08 Å². The first-order valence-electron chi connectivity index (χ1n) is 9.53. The van der Waals surface area contributed by atoms with Crippen LogP contribution in [0.4, 0.5) is 0 Å². The van der Waals surface area contributed by atoms with Crippen molar-refractivity contribution in [3.8, 4) is 0 Å². The standard InChI is InChI=1S/C21H25N3O3/c1-15-14-17(16(2)24(15)18-6-7-18)5-8-20(25)22-9-11-23(12-10-22)21(26)19-4-3-13-27-19/h3-5,8,13-14,18H,6-7,9-12H2,1-2H3/b8-5+. The van der Waals surface area contributed by atoms with Crippen LogP contribution >= 0.6 is 0 Å². The third-order valence-corrected chi connectivity index (χ3v) is 5.45. The number of furan rings is 1. The molecule has 0 spiro atoms. The number of rotatable bonds is 4. The van der Waals surface area contributed by atoms with Crippen LogP contribution in [0.1, 0.15) is 46.4 Å². The zero-order valence-electron chi connectivity index (χ0n) is 15.9.